The molecule has 0 bridgehead atoms. The largest absolute Gasteiger partial charge is 0.367 e. The van der Waals surface area contributed by atoms with Crippen molar-refractivity contribution < 1.29 is 9.84 Å². The first kappa shape index (κ1) is 11.5. The molecular formula is C12H20O2. The van der Waals surface area contributed by atoms with E-state index >= 15 is 0 Å². The fourth-order valence-electron chi connectivity index (χ4n) is 1.67. The maximum Gasteiger partial charge on any atom is 0.161 e. The average molecular weight is 196 g/mol. The van der Waals surface area contributed by atoms with E-state index in [1.165, 1.54) is 0 Å². The van der Waals surface area contributed by atoms with Crippen LogP contribution in [0.2, 0.25) is 0 Å². The highest BCUT2D eigenvalue weighted by molar-refractivity contribution is 5.03. The lowest BCUT2D eigenvalue weighted by atomic mass is 9.93. The van der Waals surface area contributed by atoms with Gasteiger partial charge in [-0.15, -0.1) is 0 Å². The third kappa shape index (κ3) is 2.96. The number of rotatable bonds is 4. The molecule has 1 aliphatic heterocycles. The van der Waals surface area contributed by atoms with Gasteiger partial charge in [0.2, 0.25) is 0 Å². The Kier molecular flexibility index (Phi) is 4.91. The molecule has 0 spiro atoms. The van der Waals surface area contributed by atoms with Crippen LogP contribution in [0.15, 0.2) is 24.3 Å². The first-order chi connectivity index (χ1) is 6.79. The fourth-order valence-corrected chi connectivity index (χ4v) is 1.67. The molecule has 2 heteroatoms. The van der Waals surface area contributed by atoms with Gasteiger partial charge >= 0.3 is 0 Å². The van der Waals surface area contributed by atoms with Crippen LogP contribution in [-0.4, -0.2) is 18.0 Å². The van der Waals surface area contributed by atoms with Crippen molar-refractivity contribution >= 4 is 0 Å². The molecular weight excluding hydrogens is 176 g/mol. The van der Waals surface area contributed by atoms with Gasteiger partial charge in [-0.05, 0) is 12.8 Å². The van der Waals surface area contributed by atoms with E-state index in [1.807, 2.05) is 0 Å². The zero-order valence-electron chi connectivity index (χ0n) is 9.02. The van der Waals surface area contributed by atoms with Gasteiger partial charge in [0, 0.05) is 11.8 Å². The standard InChI is InChI=1S/C12H20O2/c1-3-5-7-10-9-14-12(13)11(10)8-6-4-2/h5-8,10-13H,3-4,9H2,1-2H3/b7-5+,8-6+/t10-,11-,12-/m0/s1. The summed E-state index contributed by atoms with van der Waals surface area (Å²) in [5, 5.41) is 9.58. The molecule has 1 saturated heterocycles. The van der Waals surface area contributed by atoms with Gasteiger partial charge in [-0.1, -0.05) is 38.2 Å². The Morgan fingerprint density at radius 2 is 1.86 bits per heavy atom. The Hall–Kier alpha value is -0.600. The predicted octanol–water partition coefficient (Wildman–Crippen LogP) is 2.50. The first-order valence-electron chi connectivity index (χ1n) is 5.42. The summed E-state index contributed by atoms with van der Waals surface area (Å²) in [5.74, 6) is 0.477. The van der Waals surface area contributed by atoms with Gasteiger partial charge in [-0.2, -0.15) is 0 Å². The van der Waals surface area contributed by atoms with Crippen LogP contribution in [-0.2, 0) is 4.74 Å². The topological polar surface area (TPSA) is 29.5 Å². The van der Waals surface area contributed by atoms with Gasteiger partial charge in [0.1, 0.15) is 0 Å². The first-order valence-corrected chi connectivity index (χ1v) is 5.42. The zero-order chi connectivity index (χ0) is 10.4. The lowest BCUT2D eigenvalue weighted by Crippen LogP contribution is -2.16. The van der Waals surface area contributed by atoms with Crippen molar-refractivity contribution in [3.63, 3.8) is 0 Å². The lowest BCUT2D eigenvalue weighted by molar-refractivity contribution is -0.0735. The summed E-state index contributed by atoms with van der Waals surface area (Å²) in [4.78, 5) is 0. The van der Waals surface area contributed by atoms with E-state index in [2.05, 4.69) is 38.2 Å². The molecule has 3 atom stereocenters. The summed E-state index contributed by atoms with van der Waals surface area (Å²) in [6.07, 6.45) is 9.88. The predicted molar refractivity (Wildman–Crippen MR) is 57.8 cm³/mol. The van der Waals surface area contributed by atoms with Crippen LogP contribution in [0.4, 0.5) is 0 Å². The van der Waals surface area contributed by atoms with E-state index in [1.54, 1.807) is 0 Å². The smallest absolute Gasteiger partial charge is 0.161 e. The van der Waals surface area contributed by atoms with Crippen molar-refractivity contribution in [1.82, 2.24) is 0 Å². The molecule has 0 aromatic carbocycles. The molecule has 14 heavy (non-hydrogen) atoms. The number of allylic oxidation sites excluding steroid dienone is 2. The fraction of sp³-hybridized carbons (Fsp3) is 0.667. The molecule has 0 saturated carbocycles. The van der Waals surface area contributed by atoms with E-state index in [4.69, 9.17) is 4.74 Å². The second kappa shape index (κ2) is 5.99. The Balaban J connectivity index is 2.57. The van der Waals surface area contributed by atoms with Crippen LogP contribution in [0.1, 0.15) is 26.7 Å². The molecule has 2 nitrogen and oxygen atoms in total. The Labute approximate surface area is 86.3 Å². The van der Waals surface area contributed by atoms with Crippen molar-refractivity contribution in [2.45, 2.75) is 33.0 Å². The Bertz CT molecular complexity index is 208. The van der Waals surface area contributed by atoms with E-state index in [0.29, 0.717) is 12.5 Å². The van der Waals surface area contributed by atoms with Crippen molar-refractivity contribution in [1.29, 1.82) is 0 Å². The molecule has 0 radical (unpaired) electrons. The maximum atomic E-state index is 9.58. The molecule has 1 N–H and O–H groups in total. The van der Waals surface area contributed by atoms with Crippen LogP contribution in [0.3, 0.4) is 0 Å². The van der Waals surface area contributed by atoms with Crippen molar-refractivity contribution in [3.05, 3.63) is 24.3 Å². The second-order valence-electron chi connectivity index (χ2n) is 3.64. The molecule has 0 amide bonds. The van der Waals surface area contributed by atoms with Crippen LogP contribution in [0, 0.1) is 11.8 Å². The molecule has 0 aliphatic carbocycles. The van der Waals surface area contributed by atoms with Gasteiger partial charge in [-0.25, -0.2) is 0 Å². The number of aliphatic hydroxyl groups is 1. The van der Waals surface area contributed by atoms with Crippen LogP contribution < -0.4 is 0 Å². The molecule has 0 aromatic rings. The van der Waals surface area contributed by atoms with Gasteiger partial charge < -0.3 is 9.84 Å². The third-order valence-corrected chi connectivity index (χ3v) is 2.50. The van der Waals surface area contributed by atoms with Gasteiger partial charge in [-0.3, -0.25) is 0 Å². The minimum Gasteiger partial charge on any atom is -0.367 e. The van der Waals surface area contributed by atoms with E-state index in [9.17, 15) is 5.11 Å². The quantitative estimate of drug-likeness (QED) is 0.700. The number of hydrogen-bond donors (Lipinski definition) is 1. The molecule has 0 aromatic heterocycles. The number of hydrogen-bond acceptors (Lipinski definition) is 2. The SMILES string of the molecule is CC/C=C/[C@H]1[C@@H](/C=C/CC)CO[C@@H]1O. The number of ether oxygens (including phenoxy) is 1. The molecule has 1 fully saturated rings. The van der Waals surface area contributed by atoms with Crippen molar-refractivity contribution in [2.75, 3.05) is 6.61 Å². The van der Waals surface area contributed by atoms with Crippen molar-refractivity contribution in [2.24, 2.45) is 11.8 Å². The zero-order valence-corrected chi connectivity index (χ0v) is 9.02. The van der Waals surface area contributed by atoms with E-state index in [0.717, 1.165) is 12.8 Å². The minimum absolute atomic E-state index is 0.137. The van der Waals surface area contributed by atoms with E-state index in [-0.39, 0.29) is 5.92 Å². The lowest BCUT2D eigenvalue weighted by Gasteiger charge is -2.12. The summed E-state index contributed by atoms with van der Waals surface area (Å²) in [6, 6.07) is 0. The number of aliphatic hydroxyl groups excluding tert-OH is 1. The van der Waals surface area contributed by atoms with Gasteiger partial charge in [0.25, 0.3) is 0 Å². The highest BCUT2D eigenvalue weighted by Gasteiger charge is 2.32. The molecule has 1 heterocycles. The summed E-state index contributed by atoms with van der Waals surface area (Å²) in [7, 11) is 0. The highest BCUT2D eigenvalue weighted by Crippen LogP contribution is 2.28. The highest BCUT2D eigenvalue weighted by atomic mass is 16.6. The van der Waals surface area contributed by atoms with E-state index < -0.39 is 6.29 Å². The molecule has 1 aliphatic rings. The summed E-state index contributed by atoms with van der Waals surface area (Å²) < 4.78 is 5.23. The molecule has 0 unspecified atom stereocenters. The Morgan fingerprint density at radius 1 is 1.21 bits per heavy atom. The van der Waals surface area contributed by atoms with Crippen molar-refractivity contribution in [3.8, 4) is 0 Å². The van der Waals surface area contributed by atoms with Crippen LogP contribution in [0.25, 0.3) is 0 Å². The third-order valence-electron chi connectivity index (χ3n) is 2.50. The monoisotopic (exact) mass is 196 g/mol. The van der Waals surface area contributed by atoms with Gasteiger partial charge in [0.05, 0.1) is 6.61 Å². The van der Waals surface area contributed by atoms with Gasteiger partial charge in [0.15, 0.2) is 6.29 Å². The Morgan fingerprint density at radius 3 is 2.50 bits per heavy atom. The normalized spacial score (nSPS) is 33.5. The maximum absolute atomic E-state index is 9.58. The summed E-state index contributed by atoms with van der Waals surface area (Å²) >= 11 is 0. The second-order valence-corrected chi connectivity index (χ2v) is 3.64. The van der Waals surface area contributed by atoms with Crippen LogP contribution in [0.5, 0.6) is 0 Å². The van der Waals surface area contributed by atoms with Crippen LogP contribution >= 0.6 is 0 Å². The minimum atomic E-state index is -0.621. The summed E-state index contributed by atoms with van der Waals surface area (Å²) in [5.41, 5.74) is 0. The average Bonchev–Trinajstić information content (AvgIpc) is 2.53. The molecule has 80 valence electrons. The molecule has 1 rings (SSSR count). The summed E-state index contributed by atoms with van der Waals surface area (Å²) in [6.45, 7) is 4.84.